The lowest BCUT2D eigenvalue weighted by Crippen LogP contribution is -1.96. The van der Waals surface area contributed by atoms with Gasteiger partial charge in [0, 0.05) is 11.1 Å². The molecule has 0 radical (unpaired) electrons. The van der Waals surface area contributed by atoms with Crippen molar-refractivity contribution in [1.29, 1.82) is 0 Å². The third kappa shape index (κ3) is 7.12. The van der Waals surface area contributed by atoms with Crippen LogP contribution >= 0.6 is 0 Å². The van der Waals surface area contributed by atoms with Gasteiger partial charge in [-0.05, 0) is 125 Å². The van der Waals surface area contributed by atoms with Crippen LogP contribution in [-0.4, -0.2) is 14.2 Å². The first-order chi connectivity index (χ1) is 21.4. The second-order valence-electron chi connectivity index (χ2n) is 12.6. The molecular weight excluding hydrogens is 536 g/mol. The van der Waals surface area contributed by atoms with E-state index in [1.165, 1.54) is 101 Å². The van der Waals surface area contributed by atoms with Gasteiger partial charge in [0.05, 0.1) is 14.2 Å². The van der Waals surface area contributed by atoms with Crippen molar-refractivity contribution < 1.29 is 9.47 Å². The summed E-state index contributed by atoms with van der Waals surface area (Å²) in [5, 5.41) is 5.05. The van der Waals surface area contributed by atoms with E-state index in [2.05, 4.69) is 100 Å². The first-order valence-electron chi connectivity index (χ1n) is 16.8. The molecular formula is C42H50O2. The van der Waals surface area contributed by atoms with E-state index in [0.29, 0.717) is 0 Å². The molecule has 0 aromatic heterocycles. The van der Waals surface area contributed by atoms with E-state index in [9.17, 15) is 0 Å². The van der Waals surface area contributed by atoms with Crippen LogP contribution in [0.4, 0.5) is 0 Å². The van der Waals surface area contributed by atoms with Crippen molar-refractivity contribution in [2.45, 2.75) is 91.9 Å². The van der Waals surface area contributed by atoms with Gasteiger partial charge in [0.25, 0.3) is 0 Å². The number of benzene rings is 5. The largest absolute Gasteiger partial charge is 0.496 e. The molecule has 0 spiro atoms. The monoisotopic (exact) mass is 586 g/mol. The van der Waals surface area contributed by atoms with E-state index >= 15 is 0 Å². The number of methoxy groups -OCH3 is 2. The number of rotatable bonds is 14. The molecule has 0 unspecified atom stereocenters. The number of hydrogen-bond acceptors (Lipinski definition) is 2. The highest BCUT2D eigenvalue weighted by molar-refractivity contribution is 5.94. The van der Waals surface area contributed by atoms with Gasteiger partial charge in [-0.25, -0.2) is 0 Å². The molecule has 5 rings (SSSR count). The Hall–Kier alpha value is -3.78. The zero-order chi connectivity index (χ0) is 31.1. The summed E-state index contributed by atoms with van der Waals surface area (Å²) in [6.07, 6.45) is 12.6. The second-order valence-corrected chi connectivity index (χ2v) is 12.6. The van der Waals surface area contributed by atoms with Gasteiger partial charge < -0.3 is 9.47 Å². The van der Waals surface area contributed by atoms with Crippen LogP contribution in [0.1, 0.15) is 87.5 Å². The summed E-state index contributed by atoms with van der Waals surface area (Å²) in [6, 6.07) is 27.5. The van der Waals surface area contributed by atoms with Crippen molar-refractivity contribution in [3.63, 3.8) is 0 Å². The summed E-state index contributed by atoms with van der Waals surface area (Å²) in [5.41, 5.74) is 9.89. The molecule has 230 valence electrons. The lowest BCUT2D eigenvalue weighted by molar-refractivity contribution is 0.415. The molecule has 0 aliphatic heterocycles. The van der Waals surface area contributed by atoms with Crippen molar-refractivity contribution in [3.05, 3.63) is 95.1 Å². The molecule has 5 aromatic rings. The fourth-order valence-electron chi connectivity index (χ4n) is 6.64. The lowest BCUT2D eigenvalue weighted by atomic mass is 9.90. The van der Waals surface area contributed by atoms with Crippen LogP contribution in [0.3, 0.4) is 0 Å². The van der Waals surface area contributed by atoms with Gasteiger partial charge in [0.15, 0.2) is 0 Å². The molecule has 0 bridgehead atoms. The molecule has 0 N–H and O–H groups in total. The minimum Gasteiger partial charge on any atom is -0.496 e. The van der Waals surface area contributed by atoms with Crippen LogP contribution in [0.5, 0.6) is 11.5 Å². The zero-order valence-corrected chi connectivity index (χ0v) is 27.8. The summed E-state index contributed by atoms with van der Waals surface area (Å²) in [4.78, 5) is 0. The predicted octanol–water partition coefficient (Wildman–Crippen LogP) is 12.2. The van der Waals surface area contributed by atoms with Crippen LogP contribution in [0.15, 0.2) is 72.8 Å². The molecule has 0 saturated heterocycles. The summed E-state index contributed by atoms with van der Waals surface area (Å²) in [7, 11) is 3.55. The molecule has 0 aliphatic rings. The average Bonchev–Trinajstić information content (AvgIpc) is 3.04. The van der Waals surface area contributed by atoms with Crippen LogP contribution in [-0.2, 0) is 12.8 Å². The smallest absolute Gasteiger partial charge is 0.127 e. The Morgan fingerprint density at radius 3 is 1.48 bits per heavy atom. The third-order valence-electron chi connectivity index (χ3n) is 9.24. The van der Waals surface area contributed by atoms with E-state index in [1.807, 2.05) is 0 Å². The number of hydrogen-bond donors (Lipinski definition) is 0. The van der Waals surface area contributed by atoms with E-state index in [4.69, 9.17) is 9.47 Å². The highest BCUT2D eigenvalue weighted by atomic mass is 16.5. The van der Waals surface area contributed by atoms with E-state index in [1.54, 1.807) is 14.2 Å². The highest BCUT2D eigenvalue weighted by Crippen LogP contribution is 2.43. The molecule has 44 heavy (non-hydrogen) atoms. The Balaban J connectivity index is 1.48. The fourth-order valence-corrected chi connectivity index (χ4v) is 6.64. The van der Waals surface area contributed by atoms with E-state index in [0.717, 1.165) is 41.0 Å². The summed E-state index contributed by atoms with van der Waals surface area (Å²) in [5.74, 6) is 1.77. The van der Waals surface area contributed by atoms with Gasteiger partial charge in [-0.1, -0.05) is 94.8 Å². The molecule has 5 aromatic carbocycles. The molecule has 2 nitrogen and oxygen atoms in total. The predicted molar refractivity (Wildman–Crippen MR) is 191 cm³/mol. The number of fused-ring (bicyclic) bond motifs is 2. The Morgan fingerprint density at radius 2 is 0.909 bits per heavy atom. The fraction of sp³-hybridized carbons (Fsp3) is 0.381. The highest BCUT2D eigenvalue weighted by Gasteiger charge is 2.17. The number of ether oxygens (including phenoxy) is 2. The SMILES string of the molecule is CCCCCCc1ccc2cc(-c3cc(C)c(-c4cc5ccc(CCCCCC)cc5cc4OC)cc3OC)c(C)cc2c1. The molecule has 0 heterocycles. The Morgan fingerprint density at radius 1 is 0.432 bits per heavy atom. The summed E-state index contributed by atoms with van der Waals surface area (Å²) in [6.45, 7) is 8.95. The maximum atomic E-state index is 6.06. The summed E-state index contributed by atoms with van der Waals surface area (Å²) < 4.78 is 12.0. The number of unbranched alkanes of at least 4 members (excludes halogenated alkanes) is 6. The molecule has 0 aliphatic carbocycles. The maximum absolute atomic E-state index is 6.06. The zero-order valence-electron chi connectivity index (χ0n) is 27.8. The van der Waals surface area contributed by atoms with Crippen molar-refractivity contribution in [2.24, 2.45) is 0 Å². The van der Waals surface area contributed by atoms with Crippen molar-refractivity contribution in [1.82, 2.24) is 0 Å². The Bertz CT molecular complexity index is 1730. The lowest BCUT2D eigenvalue weighted by Gasteiger charge is -2.18. The minimum absolute atomic E-state index is 0.880. The van der Waals surface area contributed by atoms with Gasteiger partial charge in [-0.15, -0.1) is 0 Å². The minimum atomic E-state index is 0.880. The quantitative estimate of drug-likeness (QED) is 0.121. The van der Waals surface area contributed by atoms with Crippen LogP contribution in [0.25, 0.3) is 43.8 Å². The first kappa shape index (κ1) is 31.6. The van der Waals surface area contributed by atoms with Crippen LogP contribution in [0.2, 0.25) is 0 Å². The summed E-state index contributed by atoms with van der Waals surface area (Å²) >= 11 is 0. The molecule has 0 fully saturated rings. The molecule has 2 heteroatoms. The second kappa shape index (κ2) is 14.8. The van der Waals surface area contributed by atoms with Gasteiger partial charge in [-0.3, -0.25) is 0 Å². The Labute approximate surface area is 265 Å². The third-order valence-corrected chi connectivity index (χ3v) is 9.24. The average molecular weight is 587 g/mol. The topological polar surface area (TPSA) is 18.5 Å². The van der Waals surface area contributed by atoms with Crippen molar-refractivity contribution >= 4 is 21.5 Å². The van der Waals surface area contributed by atoms with Crippen LogP contribution in [0, 0.1) is 13.8 Å². The van der Waals surface area contributed by atoms with Gasteiger partial charge in [-0.2, -0.15) is 0 Å². The van der Waals surface area contributed by atoms with Gasteiger partial charge >= 0.3 is 0 Å². The maximum Gasteiger partial charge on any atom is 0.127 e. The van der Waals surface area contributed by atoms with Crippen LogP contribution < -0.4 is 9.47 Å². The van der Waals surface area contributed by atoms with Crippen molar-refractivity contribution in [2.75, 3.05) is 14.2 Å². The molecule has 0 amide bonds. The molecule has 0 atom stereocenters. The standard InChI is InChI=1S/C42H50O2/c1-7-9-11-13-15-31-17-19-33-25-37(29(3)21-35(33)23-31)39-22-30(4)38(28-42(39)44-6)40-26-34-20-18-32(16-14-12-10-8-2)24-36(34)27-41(40)43-5/h17-28H,7-16H2,1-6H3. The van der Waals surface area contributed by atoms with E-state index < -0.39 is 0 Å². The normalized spacial score (nSPS) is 11.4. The molecule has 0 saturated carbocycles. The Kier molecular flexibility index (Phi) is 10.6. The van der Waals surface area contributed by atoms with Crippen molar-refractivity contribution in [3.8, 4) is 33.8 Å². The number of aryl methyl sites for hydroxylation is 4. The van der Waals surface area contributed by atoms with Gasteiger partial charge in [0.2, 0.25) is 0 Å². The first-order valence-corrected chi connectivity index (χ1v) is 16.8. The van der Waals surface area contributed by atoms with Gasteiger partial charge in [0.1, 0.15) is 11.5 Å². The van der Waals surface area contributed by atoms with E-state index in [-0.39, 0.29) is 0 Å².